The van der Waals surface area contributed by atoms with Crippen LogP contribution < -0.4 is 5.32 Å². The lowest BCUT2D eigenvalue weighted by molar-refractivity contribution is 0.0945. The molecule has 144 valence electrons. The quantitative estimate of drug-likeness (QED) is 0.525. The first-order valence-corrected chi connectivity index (χ1v) is 9.37. The number of fused-ring (bicyclic) bond motifs is 3. The zero-order chi connectivity index (χ0) is 19.7. The van der Waals surface area contributed by atoms with E-state index >= 15 is 0 Å². The summed E-state index contributed by atoms with van der Waals surface area (Å²) in [5.41, 5.74) is 3.58. The molecule has 0 saturated heterocycles. The summed E-state index contributed by atoms with van der Waals surface area (Å²) < 4.78 is 3.96. The molecule has 3 aromatic heterocycles. The average Bonchev–Trinajstić information content (AvgIpc) is 3.22. The van der Waals surface area contributed by atoms with Gasteiger partial charge in [0, 0.05) is 31.4 Å². The van der Waals surface area contributed by atoms with Crippen LogP contribution in [-0.2, 0) is 7.05 Å². The van der Waals surface area contributed by atoms with Crippen LogP contribution in [0.15, 0.2) is 48.8 Å². The van der Waals surface area contributed by atoms with Crippen LogP contribution >= 0.6 is 0 Å². The van der Waals surface area contributed by atoms with Crippen molar-refractivity contribution in [1.29, 1.82) is 0 Å². The Balaban J connectivity index is 1.82. The fraction of sp³-hybridized carbons (Fsp3) is 0.286. The SMILES string of the molecule is CN(C)CCCNC(=O)c1cc2c(c3ccccc3n2C)n1-c1ncccn1. The Hall–Kier alpha value is -3.19. The molecule has 28 heavy (non-hydrogen) atoms. The highest BCUT2D eigenvalue weighted by atomic mass is 16.1. The van der Waals surface area contributed by atoms with Gasteiger partial charge in [-0.1, -0.05) is 18.2 Å². The van der Waals surface area contributed by atoms with E-state index < -0.39 is 0 Å². The van der Waals surface area contributed by atoms with Crippen LogP contribution in [0.25, 0.3) is 27.9 Å². The summed E-state index contributed by atoms with van der Waals surface area (Å²) in [5.74, 6) is 0.374. The minimum atomic E-state index is -0.119. The molecule has 4 aromatic rings. The van der Waals surface area contributed by atoms with Crippen molar-refractivity contribution in [3.8, 4) is 5.95 Å². The van der Waals surface area contributed by atoms with E-state index in [0.717, 1.165) is 34.9 Å². The first-order chi connectivity index (χ1) is 13.6. The Morgan fingerprint density at radius 1 is 1.11 bits per heavy atom. The Morgan fingerprint density at radius 2 is 1.86 bits per heavy atom. The molecule has 7 heteroatoms. The topological polar surface area (TPSA) is 68.0 Å². The third kappa shape index (κ3) is 3.14. The fourth-order valence-electron chi connectivity index (χ4n) is 3.58. The van der Waals surface area contributed by atoms with Gasteiger partial charge in [0.25, 0.3) is 5.91 Å². The van der Waals surface area contributed by atoms with Crippen molar-refractivity contribution in [1.82, 2.24) is 29.3 Å². The number of amides is 1. The Labute approximate surface area is 163 Å². The third-order valence-corrected chi connectivity index (χ3v) is 4.91. The monoisotopic (exact) mass is 376 g/mol. The number of rotatable bonds is 6. The lowest BCUT2D eigenvalue weighted by atomic mass is 10.2. The van der Waals surface area contributed by atoms with E-state index in [9.17, 15) is 4.79 Å². The van der Waals surface area contributed by atoms with Crippen molar-refractivity contribution in [2.75, 3.05) is 27.2 Å². The molecule has 0 spiro atoms. The summed E-state index contributed by atoms with van der Waals surface area (Å²) in [5, 5.41) is 4.10. The van der Waals surface area contributed by atoms with E-state index in [4.69, 9.17) is 0 Å². The molecule has 0 bridgehead atoms. The maximum Gasteiger partial charge on any atom is 0.268 e. The second-order valence-electron chi connectivity index (χ2n) is 7.14. The van der Waals surface area contributed by atoms with Gasteiger partial charge in [-0.15, -0.1) is 0 Å². The van der Waals surface area contributed by atoms with Gasteiger partial charge in [-0.25, -0.2) is 9.97 Å². The van der Waals surface area contributed by atoms with Crippen molar-refractivity contribution in [2.24, 2.45) is 7.05 Å². The van der Waals surface area contributed by atoms with Crippen LogP contribution in [0.4, 0.5) is 0 Å². The molecule has 1 amide bonds. The number of benzene rings is 1. The van der Waals surface area contributed by atoms with Gasteiger partial charge in [0.1, 0.15) is 5.69 Å². The van der Waals surface area contributed by atoms with Crippen LogP contribution in [0.1, 0.15) is 16.9 Å². The van der Waals surface area contributed by atoms with Gasteiger partial charge in [0.15, 0.2) is 0 Å². The van der Waals surface area contributed by atoms with Crippen LogP contribution in [0.3, 0.4) is 0 Å². The maximum absolute atomic E-state index is 13.0. The number of nitrogens with one attached hydrogen (secondary N) is 1. The lowest BCUT2D eigenvalue weighted by Crippen LogP contribution is -2.28. The zero-order valence-electron chi connectivity index (χ0n) is 16.4. The number of para-hydroxylation sites is 1. The van der Waals surface area contributed by atoms with E-state index in [2.05, 4.69) is 36.9 Å². The fourth-order valence-corrected chi connectivity index (χ4v) is 3.58. The highest BCUT2D eigenvalue weighted by molar-refractivity contribution is 6.10. The number of nitrogens with zero attached hydrogens (tertiary/aromatic N) is 5. The largest absolute Gasteiger partial charge is 0.351 e. The van der Waals surface area contributed by atoms with E-state index in [1.165, 1.54) is 0 Å². The van der Waals surface area contributed by atoms with Gasteiger partial charge in [-0.2, -0.15) is 0 Å². The third-order valence-electron chi connectivity index (χ3n) is 4.91. The van der Waals surface area contributed by atoms with Crippen molar-refractivity contribution >= 4 is 27.8 Å². The molecule has 0 aliphatic rings. The molecular weight excluding hydrogens is 352 g/mol. The van der Waals surface area contributed by atoms with E-state index in [-0.39, 0.29) is 5.91 Å². The van der Waals surface area contributed by atoms with Crippen molar-refractivity contribution in [2.45, 2.75) is 6.42 Å². The summed E-state index contributed by atoms with van der Waals surface area (Å²) in [6.07, 6.45) is 4.28. The number of carbonyl (C=O) groups is 1. The van der Waals surface area contributed by atoms with E-state index in [1.807, 2.05) is 43.9 Å². The van der Waals surface area contributed by atoms with Gasteiger partial charge in [0.05, 0.1) is 16.6 Å². The van der Waals surface area contributed by atoms with E-state index in [0.29, 0.717) is 18.2 Å². The molecule has 1 aromatic carbocycles. The van der Waals surface area contributed by atoms with Crippen LogP contribution in [0.5, 0.6) is 0 Å². The molecule has 1 N–H and O–H groups in total. The highest BCUT2D eigenvalue weighted by Crippen LogP contribution is 2.32. The molecule has 4 rings (SSSR count). The van der Waals surface area contributed by atoms with Gasteiger partial charge in [-0.05, 0) is 45.3 Å². The molecule has 0 saturated carbocycles. The van der Waals surface area contributed by atoms with Gasteiger partial charge >= 0.3 is 0 Å². The summed E-state index contributed by atoms with van der Waals surface area (Å²) in [6, 6.07) is 11.9. The molecule has 0 radical (unpaired) electrons. The maximum atomic E-state index is 13.0. The lowest BCUT2D eigenvalue weighted by Gasteiger charge is -2.11. The molecule has 0 aliphatic heterocycles. The van der Waals surface area contributed by atoms with Crippen LogP contribution in [-0.4, -0.2) is 57.1 Å². The standard InChI is InChI=1S/C21H24N6O/c1-25(2)13-7-12-22-20(28)18-14-17-19(27(18)21-23-10-6-11-24-21)15-8-4-5-9-16(15)26(17)3/h4-6,8-11,14H,7,12-13H2,1-3H3,(H,22,28). The van der Waals surface area contributed by atoms with Crippen LogP contribution in [0, 0.1) is 0 Å². The van der Waals surface area contributed by atoms with Crippen molar-refractivity contribution in [3.63, 3.8) is 0 Å². The molecule has 0 unspecified atom stereocenters. The van der Waals surface area contributed by atoms with E-state index in [1.54, 1.807) is 18.5 Å². The number of aryl methyl sites for hydroxylation is 1. The Morgan fingerprint density at radius 3 is 2.61 bits per heavy atom. The minimum Gasteiger partial charge on any atom is -0.351 e. The van der Waals surface area contributed by atoms with Gasteiger partial charge < -0.3 is 14.8 Å². The predicted molar refractivity (Wildman–Crippen MR) is 111 cm³/mol. The predicted octanol–water partition coefficient (Wildman–Crippen LogP) is 2.59. The summed E-state index contributed by atoms with van der Waals surface area (Å²) in [6.45, 7) is 1.55. The number of hydrogen-bond acceptors (Lipinski definition) is 4. The average molecular weight is 376 g/mol. The second-order valence-corrected chi connectivity index (χ2v) is 7.14. The number of aromatic nitrogens is 4. The first-order valence-electron chi connectivity index (χ1n) is 9.37. The summed E-state index contributed by atoms with van der Waals surface area (Å²) in [7, 11) is 6.06. The zero-order valence-corrected chi connectivity index (χ0v) is 16.4. The molecule has 0 atom stereocenters. The molecular formula is C21H24N6O. The Kier molecular flexibility index (Phi) is 4.83. The van der Waals surface area contributed by atoms with Gasteiger partial charge in [-0.3, -0.25) is 9.36 Å². The highest BCUT2D eigenvalue weighted by Gasteiger charge is 2.22. The molecule has 0 fully saturated rings. The summed E-state index contributed by atoms with van der Waals surface area (Å²) >= 11 is 0. The minimum absolute atomic E-state index is 0.119. The van der Waals surface area contributed by atoms with Gasteiger partial charge in [0.2, 0.25) is 5.95 Å². The number of carbonyl (C=O) groups excluding carboxylic acids is 1. The normalized spacial score (nSPS) is 11.6. The van der Waals surface area contributed by atoms with Crippen molar-refractivity contribution in [3.05, 3.63) is 54.5 Å². The van der Waals surface area contributed by atoms with Crippen molar-refractivity contribution < 1.29 is 4.79 Å². The summed E-state index contributed by atoms with van der Waals surface area (Å²) in [4.78, 5) is 23.9. The molecule has 7 nitrogen and oxygen atoms in total. The Bertz CT molecular complexity index is 1130. The number of hydrogen-bond donors (Lipinski definition) is 1. The smallest absolute Gasteiger partial charge is 0.268 e. The molecule has 0 aliphatic carbocycles. The molecule has 3 heterocycles. The second kappa shape index (κ2) is 7.44. The van der Waals surface area contributed by atoms with Crippen LogP contribution in [0.2, 0.25) is 0 Å². The first kappa shape index (κ1) is 18.2.